The first-order chi connectivity index (χ1) is 5.15. The lowest BCUT2D eigenvalue weighted by Crippen LogP contribution is -2.54. The summed E-state index contributed by atoms with van der Waals surface area (Å²) in [6, 6.07) is -0.710. The first-order valence-electron chi connectivity index (χ1n) is 3.62. The SMILES string of the molecule is NC[C@H]1CC(O)[C@@H](N)[C@@H](O)O1. The largest absolute Gasteiger partial charge is 0.391 e. The molecule has 1 heterocycles. The Balaban J connectivity index is 2.47. The first kappa shape index (κ1) is 8.89. The van der Waals surface area contributed by atoms with Gasteiger partial charge in [-0.25, -0.2) is 0 Å². The fourth-order valence-corrected chi connectivity index (χ4v) is 1.11. The molecule has 5 heteroatoms. The minimum Gasteiger partial charge on any atom is -0.391 e. The summed E-state index contributed by atoms with van der Waals surface area (Å²) in [6.07, 6.45) is -1.69. The minimum atomic E-state index is -1.09. The van der Waals surface area contributed by atoms with Crippen LogP contribution in [0.15, 0.2) is 0 Å². The molecule has 1 fully saturated rings. The van der Waals surface area contributed by atoms with Crippen LogP contribution in [-0.4, -0.2) is 41.3 Å². The third kappa shape index (κ3) is 1.88. The molecule has 0 saturated carbocycles. The average Bonchev–Trinajstić information content (AvgIpc) is 1.99. The number of aliphatic hydroxyl groups excluding tert-OH is 2. The Bertz CT molecular complexity index is 121. The maximum atomic E-state index is 9.23. The summed E-state index contributed by atoms with van der Waals surface area (Å²) in [6.45, 7) is 0.292. The van der Waals surface area contributed by atoms with Crippen molar-refractivity contribution in [2.24, 2.45) is 11.5 Å². The van der Waals surface area contributed by atoms with Crippen LogP contribution in [-0.2, 0) is 4.74 Å². The molecular formula is C6H14N2O3. The van der Waals surface area contributed by atoms with E-state index >= 15 is 0 Å². The number of ether oxygens (including phenoxy) is 1. The maximum absolute atomic E-state index is 9.23. The Morgan fingerprint density at radius 3 is 2.55 bits per heavy atom. The lowest BCUT2D eigenvalue weighted by atomic mass is 10.0. The second kappa shape index (κ2) is 3.46. The molecule has 0 spiro atoms. The predicted molar refractivity (Wildman–Crippen MR) is 38.5 cm³/mol. The second-order valence-electron chi connectivity index (χ2n) is 2.76. The van der Waals surface area contributed by atoms with Crippen LogP contribution in [0.25, 0.3) is 0 Å². The fraction of sp³-hybridized carbons (Fsp3) is 1.00. The van der Waals surface area contributed by atoms with E-state index < -0.39 is 18.4 Å². The van der Waals surface area contributed by atoms with Gasteiger partial charge < -0.3 is 26.4 Å². The molecule has 0 amide bonds. The van der Waals surface area contributed by atoms with E-state index in [0.717, 1.165) is 0 Å². The van der Waals surface area contributed by atoms with Gasteiger partial charge in [-0.2, -0.15) is 0 Å². The molecule has 5 nitrogen and oxygen atoms in total. The van der Waals surface area contributed by atoms with Crippen molar-refractivity contribution >= 4 is 0 Å². The van der Waals surface area contributed by atoms with Crippen LogP contribution < -0.4 is 11.5 Å². The van der Waals surface area contributed by atoms with Gasteiger partial charge in [-0.1, -0.05) is 0 Å². The highest BCUT2D eigenvalue weighted by molar-refractivity contribution is 4.83. The third-order valence-electron chi connectivity index (χ3n) is 1.87. The standard InChI is InChI=1S/C6H14N2O3/c7-2-3-1-4(9)5(8)6(10)11-3/h3-6,9-10H,1-2,7-8H2/t3-,4?,5-,6+/m1/s1. The van der Waals surface area contributed by atoms with Crippen LogP contribution in [0.1, 0.15) is 6.42 Å². The van der Waals surface area contributed by atoms with Crippen LogP contribution in [0.4, 0.5) is 0 Å². The molecule has 0 aromatic carbocycles. The second-order valence-corrected chi connectivity index (χ2v) is 2.76. The summed E-state index contributed by atoms with van der Waals surface area (Å²) >= 11 is 0. The van der Waals surface area contributed by atoms with E-state index in [1.807, 2.05) is 0 Å². The van der Waals surface area contributed by atoms with Crippen LogP contribution >= 0.6 is 0 Å². The van der Waals surface area contributed by atoms with Gasteiger partial charge in [-0.3, -0.25) is 0 Å². The fourth-order valence-electron chi connectivity index (χ4n) is 1.11. The summed E-state index contributed by atoms with van der Waals surface area (Å²) in [5.41, 5.74) is 10.7. The molecule has 1 saturated heterocycles. The molecule has 0 aromatic rings. The molecule has 0 aromatic heterocycles. The van der Waals surface area contributed by atoms with Gasteiger partial charge in [0.1, 0.15) is 0 Å². The van der Waals surface area contributed by atoms with Crippen LogP contribution in [0.3, 0.4) is 0 Å². The highest BCUT2D eigenvalue weighted by Crippen LogP contribution is 2.16. The first-order valence-corrected chi connectivity index (χ1v) is 3.62. The van der Waals surface area contributed by atoms with Crippen molar-refractivity contribution in [1.82, 2.24) is 0 Å². The zero-order valence-electron chi connectivity index (χ0n) is 6.18. The van der Waals surface area contributed by atoms with E-state index in [1.165, 1.54) is 0 Å². The van der Waals surface area contributed by atoms with Crippen molar-refractivity contribution in [3.05, 3.63) is 0 Å². The van der Waals surface area contributed by atoms with Crippen molar-refractivity contribution in [1.29, 1.82) is 0 Å². The van der Waals surface area contributed by atoms with Crippen molar-refractivity contribution in [2.75, 3.05) is 6.54 Å². The molecule has 0 radical (unpaired) electrons. The Labute approximate surface area is 64.9 Å². The van der Waals surface area contributed by atoms with Gasteiger partial charge >= 0.3 is 0 Å². The normalized spacial score (nSPS) is 45.8. The number of nitrogens with two attached hydrogens (primary N) is 2. The van der Waals surface area contributed by atoms with Crippen LogP contribution in [0, 0.1) is 0 Å². The quantitative estimate of drug-likeness (QED) is 0.348. The maximum Gasteiger partial charge on any atom is 0.172 e. The summed E-state index contributed by atoms with van der Waals surface area (Å²) in [5, 5.41) is 18.3. The molecule has 6 N–H and O–H groups in total. The lowest BCUT2D eigenvalue weighted by Gasteiger charge is -2.34. The monoisotopic (exact) mass is 162 g/mol. The van der Waals surface area contributed by atoms with Crippen LogP contribution in [0.5, 0.6) is 0 Å². The predicted octanol–water partition coefficient (Wildman–Crippen LogP) is -2.26. The molecule has 4 atom stereocenters. The van der Waals surface area contributed by atoms with Gasteiger partial charge in [-0.15, -0.1) is 0 Å². The highest BCUT2D eigenvalue weighted by atomic mass is 16.6. The van der Waals surface area contributed by atoms with E-state index in [9.17, 15) is 5.11 Å². The Morgan fingerprint density at radius 1 is 1.45 bits per heavy atom. The van der Waals surface area contributed by atoms with Crippen molar-refractivity contribution in [3.8, 4) is 0 Å². The van der Waals surface area contributed by atoms with E-state index in [4.69, 9.17) is 21.3 Å². The van der Waals surface area contributed by atoms with Crippen molar-refractivity contribution in [3.63, 3.8) is 0 Å². The molecule has 1 aliphatic heterocycles. The smallest absolute Gasteiger partial charge is 0.172 e. The van der Waals surface area contributed by atoms with E-state index in [1.54, 1.807) is 0 Å². The topological polar surface area (TPSA) is 102 Å². The van der Waals surface area contributed by atoms with Gasteiger partial charge in [-0.05, 0) is 0 Å². The number of hydrogen-bond donors (Lipinski definition) is 4. The molecule has 11 heavy (non-hydrogen) atoms. The Hall–Kier alpha value is -0.200. The summed E-state index contributed by atoms with van der Waals surface area (Å²) in [4.78, 5) is 0. The lowest BCUT2D eigenvalue weighted by molar-refractivity contribution is -0.197. The van der Waals surface area contributed by atoms with Crippen molar-refractivity contribution in [2.45, 2.75) is 31.0 Å². The molecule has 66 valence electrons. The zero-order valence-corrected chi connectivity index (χ0v) is 6.18. The van der Waals surface area contributed by atoms with Crippen LogP contribution in [0.2, 0.25) is 0 Å². The summed E-state index contributed by atoms with van der Waals surface area (Å²) in [7, 11) is 0. The van der Waals surface area contributed by atoms with Gasteiger partial charge in [0.25, 0.3) is 0 Å². The zero-order chi connectivity index (χ0) is 8.43. The minimum absolute atomic E-state index is 0.278. The van der Waals surface area contributed by atoms with Gasteiger partial charge in [0, 0.05) is 13.0 Å². The molecular weight excluding hydrogens is 148 g/mol. The molecule has 1 rings (SSSR count). The van der Waals surface area contributed by atoms with Crippen molar-refractivity contribution < 1.29 is 14.9 Å². The van der Waals surface area contributed by atoms with Gasteiger partial charge in [0.05, 0.1) is 18.2 Å². The third-order valence-corrected chi connectivity index (χ3v) is 1.87. The Kier molecular flexibility index (Phi) is 2.80. The number of hydrogen-bond acceptors (Lipinski definition) is 5. The Morgan fingerprint density at radius 2 is 2.09 bits per heavy atom. The van der Waals surface area contributed by atoms with Gasteiger partial charge in [0.15, 0.2) is 6.29 Å². The number of rotatable bonds is 1. The average molecular weight is 162 g/mol. The number of aliphatic hydroxyl groups is 2. The summed E-state index contributed by atoms with van der Waals surface area (Å²) in [5.74, 6) is 0. The van der Waals surface area contributed by atoms with E-state index in [-0.39, 0.29) is 6.10 Å². The molecule has 0 aliphatic carbocycles. The molecule has 0 bridgehead atoms. The van der Waals surface area contributed by atoms with Gasteiger partial charge in [0.2, 0.25) is 0 Å². The van der Waals surface area contributed by atoms with E-state index in [2.05, 4.69) is 0 Å². The summed E-state index contributed by atoms with van der Waals surface area (Å²) < 4.78 is 4.96. The van der Waals surface area contributed by atoms with E-state index in [0.29, 0.717) is 13.0 Å². The highest BCUT2D eigenvalue weighted by Gasteiger charge is 2.33. The molecule has 1 unspecified atom stereocenters. The molecule has 1 aliphatic rings.